The smallest absolute Gasteiger partial charge is 0.545 e. The third kappa shape index (κ3) is 10.4. The molecule has 0 radical (unpaired) electrons. The number of carbonyl (C=O) groups excluding carboxylic acids is 1. The molecule has 4 heteroatoms. The second kappa shape index (κ2) is 9.83. The van der Waals surface area contributed by atoms with Gasteiger partial charge in [0, 0.05) is 6.10 Å². The van der Waals surface area contributed by atoms with Gasteiger partial charge in [-0.05, 0) is 19.4 Å². The summed E-state index contributed by atoms with van der Waals surface area (Å²) in [6.45, 7) is 3.44. The summed E-state index contributed by atoms with van der Waals surface area (Å²) in [5.41, 5.74) is 0.220. The van der Waals surface area contributed by atoms with E-state index in [1.807, 2.05) is 0 Å². The van der Waals surface area contributed by atoms with Gasteiger partial charge in [0.05, 0.1) is 5.97 Å². The molecule has 0 aromatic heterocycles. The van der Waals surface area contributed by atoms with E-state index in [9.17, 15) is 9.90 Å². The maximum atomic E-state index is 10.1. The van der Waals surface area contributed by atoms with Gasteiger partial charge in [-0.15, -0.1) is 0 Å². The number of hydrogen-bond acceptors (Lipinski definition) is 3. The molecule has 0 aliphatic heterocycles. The Morgan fingerprint density at radius 3 is 1.86 bits per heavy atom. The molecular formula is C10H13KO3. The van der Waals surface area contributed by atoms with Crippen LogP contribution in [0.4, 0.5) is 0 Å². The van der Waals surface area contributed by atoms with Crippen molar-refractivity contribution in [3.05, 3.63) is 35.9 Å². The fourth-order valence-electron chi connectivity index (χ4n) is 0.574. The van der Waals surface area contributed by atoms with E-state index in [-0.39, 0.29) is 63.1 Å². The van der Waals surface area contributed by atoms with Crippen LogP contribution in [0.5, 0.6) is 0 Å². The topological polar surface area (TPSA) is 60.4 Å². The summed E-state index contributed by atoms with van der Waals surface area (Å²) < 4.78 is 0. The number of aliphatic hydroxyl groups excluding tert-OH is 1. The molecule has 14 heavy (non-hydrogen) atoms. The summed E-state index contributed by atoms with van der Waals surface area (Å²) in [7, 11) is 0. The molecule has 0 saturated carbocycles. The summed E-state index contributed by atoms with van der Waals surface area (Å²) in [5.74, 6) is -1.13. The Morgan fingerprint density at radius 2 is 1.64 bits per heavy atom. The van der Waals surface area contributed by atoms with E-state index in [1.54, 1.807) is 32.0 Å². The fourth-order valence-corrected chi connectivity index (χ4v) is 0.574. The Labute approximate surface area is 127 Å². The van der Waals surface area contributed by atoms with E-state index >= 15 is 0 Å². The monoisotopic (exact) mass is 220 g/mol. The van der Waals surface area contributed by atoms with Gasteiger partial charge in [0.25, 0.3) is 0 Å². The normalized spacial score (nSPS) is 8.29. The van der Waals surface area contributed by atoms with Crippen LogP contribution in [0, 0.1) is 0 Å². The van der Waals surface area contributed by atoms with Gasteiger partial charge < -0.3 is 15.0 Å². The van der Waals surface area contributed by atoms with Crippen molar-refractivity contribution in [3.8, 4) is 0 Å². The molecular weight excluding hydrogens is 207 g/mol. The van der Waals surface area contributed by atoms with Crippen molar-refractivity contribution >= 4 is 5.97 Å². The van der Waals surface area contributed by atoms with E-state index in [2.05, 4.69) is 0 Å². The van der Waals surface area contributed by atoms with Crippen LogP contribution in [-0.4, -0.2) is 17.2 Å². The predicted octanol–water partition coefficient (Wildman–Crippen LogP) is -2.56. The van der Waals surface area contributed by atoms with E-state index in [0.29, 0.717) is 0 Å². The Kier molecular flexibility index (Phi) is 11.7. The minimum atomic E-state index is -1.13. The third-order valence-electron chi connectivity index (χ3n) is 1.01. The minimum absolute atomic E-state index is 0. The van der Waals surface area contributed by atoms with Crippen LogP contribution in [0.2, 0.25) is 0 Å². The van der Waals surface area contributed by atoms with E-state index in [4.69, 9.17) is 5.11 Å². The van der Waals surface area contributed by atoms with Gasteiger partial charge >= 0.3 is 51.4 Å². The second-order valence-electron chi connectivity index (χ2n) is 2.75. The Morgan fingerprint density at radius 1 is 1.29 bits per heavy atom. The molecule has 1 N–H and O–H groups in total. The van der Waals surface area contributed by atoms with Gasteiger partial charge in [-0.25, -0.2) is 0 Å². The molecule has 0 spiro atoms. The number of rotatable bonds is 1. The number of hydrogen-bond donors (Lipinski definition) is 1. The van der Waals surface area contributed by atoms with Gasteiger partial charge in [-0.1, -0.05) is 30.3 Å². The third-order valence-corrected chi connectivity index (χ3v) is 1.01. The number of benzene rings is 1. The number of carboxylic acids is 1. The van der Waals surface area contributed by atoms with Crippen molar-refractivity contribution in [2.24, 2.45) is 0 Å². The molecule has 0 saturated heterocycles. The molecule has 0 unspecified atom stereocenters. The van der Waals surface area contributed by atoms with E-state index in [1.165, 1.54) is 12.1 Å². The van der Waals surface area contributed by atoms with Gasteiger partial charge in [0.15, 0.2) is 0 Å². The van der Waals surface area contributed by atoms with E-state index < -0.39 is 5.97 Å². The average Bonchev–Trinajstić information content (AvgIpc) is 2.05. The van der Waals surface area contributed by atoms with Crippen LogP contribution in [0.3, 0.4) is 0 Å². The summed E-state index contributed by atoms with van der Waals surface area (Å²) in [6.07, 6.45) is -0.167. The molecule has 1 rings (SSSR count). The summed E-state index contributed by atoms with van der Waals surface area (Å²) in [6, 6.07) is 8.06. The molecule has 0 aliphatic rings. The molecule has 1 aromatic rings. The maximum absolute atomic E-state index is 10.1. The van der Waals surface area contributed by atoms with Crippen molar-refractivity contribution in [1.29, 1.82) is 0 Å². The first kappa shape index (κ1) is 16.7. The van der Waals surface area contributed by atoms with Gasteiger partial charge in [0.2, 0.25) is 0 Å². The summed E-state index contributed by atoms with van der Waals surface area (Å²) >= 11 is 0. The van der Waals surface area contributed by atoms with Crippen molar-refractivity contribution in [3.63, 3.8) is 0 Å². The number of carbonyl (C=O) groups is 1. The predicted molar refractivity (Wildman–Crippen MR) is 48.1 cm³/mol. The van der Waals surface area contributed by atoms with Crippen molar-refractivity contribution in [1.82, 2.24) is 0 Å². The Bertz CT molecular complexity index is 244. The Balaban J connectivity index is 0. The molecule has 1 aromatic carbocycles. The van der Waals surface area contributed by atoms with Crippen LogP contribution in [0.25, 0.3) is 0 Å². The summed E-state index contributed by atoms with van der Waals surface area (Å²) in [5, 5.41) is 18.1. The maximum Gasteiger partial charge on any atom is 1.00 e. The molecule has 0 aliphatic carbocycles. The van der Waals surface area contributed by atoms with Crippen LogP contribution in [-0.2, 0) is 0 Å². The molecule has 0 fully saturated rings. The Hall–Kier alpha value is 0.286. The van der Waals surface area contributed by atoms with Crippen LogP contribution in [0.15, 0.2) is 30.3 Å². The van der Waals surface area contributed by atoms with Gasteiger partial charge in [-0.3, -0.25) is 0 Å². The quantitative estimate of drug-likeness (QED) is 0.530. The minimum Gasteiger partial charge on any atom is -0.545 e. The first-order chi connectivity index (χ1) is 6.04. The van der Waals surface area contributed by atoms with Crippen molar-refractivity contribution in [2.45, 2.75) is 20.0 Å². The zero-order valence-electron chi connectivity index (χ0n) is 8.73. The molecule has 3 nitrogen and oxygen atoms in total. The van der Waals surface area contributed by atoms with E-state index in [0.717, 1.165) is 0 Å². The molecule has 0 heterocycles. The number of carboxylic acid groups (broad SMARTS) is 1. The SMILES string of the molecule is CC(C)O.O=C([O-])c1ccccc1.[K+]. The molecule has 0 bridgehead atoms. The van der Waals surface area contributed by atoms with Crippen LogP contribution in [0.1, 0.15) is 24.2 Å². The summed E-state index contributed by atoms with van der Waals surface area (Å²) in [4.78, 5) is 10.1. The van der Waals surface area contributed by atoms with Crippen molar-refractivity contribution in [2.75, 3.05) is 0 Å². The second-order valence-corrected chi connectivity index (χ2v) is 2.75. The van der Waals surface area contributed by atoms with Crippen molar-refractivity contribution < 1.29 is 66.4 Å². The molecule has 0 amide bonds. The average molecular weight is 220 g/mol. The van der Waals surface area contributed by atoms with Crippen LogP contribution >= 0.6 is 0 Å². The van der Waals surface area contributed by atoms with Gasteiger partial charge in [-0.2, -0.15) is 0 Å². The number of aliphatic hydroxyl groups is 1. The van der Waals surface area contributed by atoms with Gasteiger partial charge in [0.1, 0.15) is 0 Å². The molecule has 72 valence electrons. The fraction of sp³-hybridized carbons (Fsp3) is 0.300. The zero-order valence-corrected chi connectivity index (χ0v) is 11.9. The first-order valence-electron chi connectivity index (χ1n) is 3.98. The van der Waals surface area contributed by atoms with Crippen LogP contribution < -0.4 is 56.5 Å². The molecule has 0 atom stereocenters. The largest absolute Gasteiger partial charge is 1.00 e. The number of aromatic carboxylic acids is 1. The zero-order chi connectivity index (χ0) is 10.3. The standard InChI is InChI=1S/C7H6O2.C3H8O.K/c8-7(9)6-4-2-1-3-5-6;1-3(2)4;/h1-5H,(H,8,9);3-4H,1-2H3;/q;;+1/p-1. The first-order valence-corrected chi connectivity index (χ1v) is 3.98.